The van der Waals surface area contributed by atoms with E-state index in [4.69, 9.17) is 14.2 Å². The van der Waals surface area contributed by atoms with Crippen LogP contribution in [0.2, 0.25) is 0 Å². The van der Waals surface area contributed by atoms with E-state index in [9.17, 15) is 13.6 Å². The van der Waals surface area contributed by atoms with Crippen LogP contribution in [0.3, 0.4) is 0 Å². The normalized spacial score (nSPS) is 10.7. The fraction of sp³-hybridized carbons (Fsp3) is 0.316. The van der Waals surface area contributed by atoms with E-state index >= 15 is 0 Å². The predicted molar refractivity (Wildman–Crippen MR) is 92.0 cm³/mol. The first-order valence-electron chi connectivity index (χ1n) is 7.90. The van der Waals surface area contributed by atoms with Gasteiger partial charge in [-0.3, -0.25) is 9.69 Å². The van der Waals surface area contributed by atoms with Gasteiger partial charge in [0.25, 0.3) is 0 Å². The molecule has 0 amide bonds. The van der Waals surface area contributed by atoms with Crippen LogP contribution in [0.25, 0.3) is 0 Å². The average molecular weight is 365 g/mol. The first-order valence-corrected chi connectivity index (χ1v) is 7.90. The Bertz CT molecular complexity index is 745. The Hall–Kier alpha value is -2.67. The van der Waals surface area contributed by atoms with E-state index in [1.807, 2.05) is 0 Å². The molecule has 0 fully saturated rings. The van der Waals surface area contributed by atoms with Gasteiger partial charge in [0.05, 0.1) is 27.9 Å². The van der Waals surface area contributed by atoms with Crippen LogP contribution in [0.15, 0.2) is 36.4 Å². The minimum atomic E-state index is -0.927. The summed E-state index contributed by atoms with van der Waals surface area (Å²) in [6.07, 6.45) is 0. The summed E-state index contributed by atoms with van der Waals surface area (Å²) in [5.74, 6) is -1.14. The minimum absolute atomic E-state index is 0.0399. The second-order valence-corrected chi connectivity index (χ2v) is 5.66. The molecule has 0 heterocycles. The molecule has 0 aliphatic rings. The molecule has 0 bridgehead atoms. The van der Waals surface area contributed by atoms with Crippen LogP contribution in [0.4, 0.5) is 8.78 Å². The number of hydrogen-bond donors (Lipinski definition) is 0. The summed E-state index contributed by atoms with van der Waals surface area (Å²) in [6, 6.07) is 9.26. The lowest BCUT2D eigenvalue weighted by Gasteiger charge is -2.22. The molecule has 2 aromatic carbocycles. The van der Waals surface area contributed by atoms with Crippen molar-refractivity contribution in [1.29, 1.82) is 0 Å². The number of carbonyl (C=O) groups is 1. The highest BCUT2D eigenvalue weighted by Gasteiger charge is 2.17. The minimum Gasteiger partial charge on any atom is -0.497 e. The lowest BCUT2D eigenvalue weighted by Crippen LogP contribution is -2.30. The Morgan fingerprint density at radius 1 is 1.00 bits per heavy atom. The van der Waals surface area contributed by atoms with E-state index in [0.29, 0.717) is 18.0 Å². The van der Waals surface area contributed by atoms with Crippen LogP contribution in [0.5, 0.6) is 11.5 Å². The standard InChI is InChI=1S/C19H21F2NO4/c1-24-15-7-13(8-16(9-15)25-2)10-22(12-18(23)26-3)11-14-5-4-6-17(20)19(14)21/h4-9H,10-12H2,1-3H3. The Labute approximate surface area is 151 Å². The molecule has 0 unspecified atom stereocenters. The van der Waals surface area contributed by atoms with Crippen LogP contribution in [0, 0.1) is 11.6 Å². The number of nitrogens with zero attached hydrogens (tertiary/aromatic N) is 1. The highest BCUT2D eigenvalue weighted by atomic mass is 19.2. The largest absolute Gasteiger partial charge is 0.497 e. The zero-order chi connectivity index (χ0) is 19.1. The molecule has 0 spiro atoms. The summed E-state index contributed by atoms with van der Waals surface area (Å²) in [4.78, 5) is 13.4. The Morgan fingerprint density at radius 3 is 2.23 bits per heavy atom. The van der Waals surface area contributed by atoms with Crippen LogP contribution >= 0.6 is 0 Å². The van der Waals surface area contributed by atoms with Gasteiger partial charge in [-0.05, 0) is 23.8 Å². The molecule has 5 nitrogen and oxygen atoms in total. The first kappa shape index (κ1) is 19.7. The molecule has 0 radical (unpaired) electrons. The molecule has 7 heteroatoms. The Balaban J connectivity index is 2.27. The lowest BCUT2D eigenvalue weighted by atomic mass is 10.1. The zero-order valence-corrected chi connectivity index (χ0v) is 14.9. The molecule has 0 aliphatic heterocycles. The van der Waals surface area contributed by atoms with E-state index in [-0.39, 0.29) is 18.7 Å². The van der Waals surface area contributed by atoms with Crippen molar-refractivity contribution < 1.29 is 27.8 Å². The topological polar surface area (TPSA) is 48.0 Å². The summed E-state index contributed by atoms with van der Waals surface area (Å²) in [6.45, 7) is 0.253. The van der Waals surface area contributed by atoms with E-state index in [0.717, 1.165) is 11.6 Å². The summed E-state index contributed by atoms with van der Waals surface area (Å²) in [7, 11) is 4.34. The van der Waals surface area contributed by atoms with Gasteiger partial charge in [-0.15, -0.1) is 0 Å². The number of halogens is 2. The molecule has 0 saturated heterocycles. The van der Waals surface area contributed by atoms with Gasteiger partial charge in [0.1, 0.15) is 11.5 Å². The molecular formula is C19H21F2NO4. The van der Waals surface area contributed by atoms with Crippen LogP contribution in [0.1, 0.15) is 11.1 Å². The van der Waals surface area contributed by atoms with Gasteiger partial charge < -0.3 is 14.2 Å². The highest BCUT2D eigenvalue weighted by molar-refractivity contribution is 5.71. The average Bonchev–Trinajstić information content (AvgIpc) is 2.64. The smallest absolute Gasteiger partial charge is 0.319 e. The molecule has 2 aromatic rings. The Morgan fingerprint density at radius 2 is 1.65 bits per heavy atom. The van der Waals surface area contributed by atoms with Crippen molar-refractivity contribution in [3.05, 3.63) is 59.2 Å². The molecule has 2 rings (SSSR count). The molecule has 0 atom stereocenters. The van der Waals surface area contributed by atoms with E-state index in [2.05, 4.69) is 0 Å². The molecule has 0 aliphatic carbocycles. The van der Waals surface area contributed by atoms with E-state index in [1.165, 1.54) is 33.5 Å². The fourth-order valence-corrected chi connectivity index (χ4v) is 2.54. The van der Waals surface area contributed by atoms with Gasteiger partial charge >= 0.3 is 5.97 Å². The van der Waals surface area contributed by atoms with Crippen LogP contribution in [-0.4, -0.2) is 38.7 Å². The van der Waals surface area contributed by atoms with Crippen molar-refractivity contribution in [2.24, 2.45) is 0 Å². The maximum absolute atomic E-state index is 14.0. The van der Waals surface area contributed by atoms with E-state index < -0.39 is 17.6 Å². The van der Waals surface area contributed by atoms with E-state index in [1.54, 1.807) is 23.1 Å². The SMILES string of the molecule is COC(=O)CN(Cc1cc(OC)cc(OC)c1)Cc1cccc(F)c1F. The number of benzene rings is 2. The zero-order valence-electron chi connectivity index (χ0n) is 14.9. The third-order valence-corrected chi connectivity index (χ3v) is 3.82. The maximum atomic E-state index is 14.0. The summed E-state index contributed by atoms with van der Waals surface area (Å²) < 4.78 is 42.6. The van der Waals surface area contributed by atoms with Gasteiger partial charge in [-0.25, -0.2) is 8.78 Å². The molecular weight excluding hydrogens is 344 g/mol. The predicted octanol–water partition coefficient (Wildman–Crippen LogP) is 3.16. The second kappa shape index (κ2) is 9.15. The third-order valence-electron chi connectivity index (χ3n) is 3.82. The highest BCUT2D eigenvalue weighted by Crippen LogP contribution is 2.24. The molecule has 0 saturated carbocycles. The summed E-state index contributed by atoms with van der Waals surface area (Å²) in [5, 5.41) is 0. The first-order chi connectivity index (χ1) is 12.5. The van der Waals surface area contributed by atoms with Gasteiger partial charge in [0.15, 0.2) is 11.6 Å². The van der Waals surface area contributed by atoms with Crippen LogP contribution < -0.4 is 9.47 Å². The number of esters is 1. The van der Waals surface area contributed by atoms with Crippen molar-refractivity contribution >= 4 is 5.97 Å². The third kappa shape index (κ3) is 5.16. The van der Waals surface area contributed by atoms with Crippen molar-refractivity contribution in [2.45, 2.75) is 13.1 Å². The van der Waals surface area contributed by atoms with Gasteiger partial charge in [0, 0.05) is 24.7 Å². The lowest BCUT2D eigenvalue weighted by molar-refractivity contribution is -0.142. The number of carbonyl (C=O) groups excluding carboxylic acids is 1. The van der Waals surface area contributed by atoms with Crippen molar-refractivity contribution in [3.63, 3.8) is 0 Å². The second-order valence-electron chi connectivity index (χ2n) is 5.66. The van der Waals surface area contributed by atoms with Gasteiger partial charge in [-0.1, -0.05) is 12.1 Å². The molecule has 26 heavy (non-hydrogen) atoms. The van der Waals surface area contributed by atoms with Crippen molar-refractivity contribution in [3.8, 4) is 11.5 Å². The molecule has 0 aromatic heterocycles. The number of methoxy groups -OCH3 is 3. The van der Waals surface area contributed by atoms with Gasteiger partial charge in [-0.2, -0.15) is 0 Å². The quantitative estimate of drug-likeness (QED) is 0.673. The molecule has 0 N–H and O–H groups in total. The number of hydrogen-bond acceptors (Lipinski definition) is 5. The number of rotatable bonds is 8. The van der Waals surface area contributed by atoms with Crippen molar-refractivity contribution in [1.82, 2.24) is 4.90 Å². The monoisotopic (exact) mass is 365 g/mol. The summed E-state index contributed by atoms with van der Waals surface area (Å²) >= 11 is 0. The molecule has 140 valence electrons. The van der Waals surface area contributed by atoms with Crippen LogP contribution in [-0.2, 0) is 22.6 Å². The van der Waals surface area contributed by atoms with Crippen molar-refractivity contribution in [2.75, 3.05) is 27.9 Å². The maximum Gasteiger partial charge on any atom is 0.319 e. The fourth-order valence-electron chi connectivity index (χ4n) is 2.54. The summed E-state index contributed by atoms with van der Waals surface area (Å²) in [5.41, 5.74) is 0.950. The Kier molecular flexibility index (Phi) is 6.91. The van der Waals surface area contributed by atoms with Gasteiger partial charge in [0.2, 0.25) is 0 Å². The number of ether oxygens (including phenoxy) is 3.